The lowest BCUT2D eigenvalue weighted by Gasteiger charge is -2.08. The fourth-order valence-corrected chi connectivity index (χ4v) is 1.73. The molecular formula is C11H12ClN3. The van der Waals surface area contributed by atoms with Crippen molar-refractivity contribution in [1.29, 1.82) is 0 Å². The zero-order valence-electron chi connectivity index (χ0n) is 8.42. The maximum Gasteiger partial charge on any atom is 0.0723 e. The van der Waals surface area contributed by atoms with Crippen LogP contribution in [-0.4, -0.2) is 12.0 Å². The maximum absolute atomic E-state index is 6.04. The van der Waals surface area contributed by atoms with Gasteiger partial charge in [-0.15, -0.1) is 0 Å². The van der Waals surface area contributed by atoms with Crippen LogP contribution < -0.4 is 11.1 Å². The van der Waals surface area contributed by atoms with E-state index >= 15 is 0 Å². The van der Waals surface area contributed by atoms with Crippen molar-refractivity contribution in [2.24, 2.45) is 0 Å². The van der Waals surface area contributed by atoms with Crippen LogP contribution >= 0.6 is 11.6 Å². The highest BCUT2D eigenvalue weighted by molar-refractivity contribution is 6.31. The van der Waals surface area contributed by atoms with Gasteiger partial charge in [-0.05, 0) is 25.2 Å². The number of nitrogen functional groups attached to an aromatic ring is 1. The van der Waals surface area contributed by atoms with Gasteiger partial charge < -0.3 is 11.1 Å². The van der Waals surface area contributed by atoms with Crippen molar-refractivity contribution in [1.82, 2.24) is 10.3 Å². The molecule has 0 atom stereocenters. The summed E-state index contributed by atoms with van der Waals surface area (Å²) in [6.07, 6.45) is 1.79. The van der Waals surface area contributed by atoms with Gasteiger partial charge in [0.2, 0.25) is 0 Å². The number of hydrogen-bond donors (Lipinski definition) is 2. The summed E-state index contributed by atoms with van der Waals surface area (Å²) in [6, 6.07) is 5.53. The Bertz CT molecular complexity index is 496. The second-order valence-electron chi connectivity index (χ2n) is 3.39. The molecule has 1 aromatic heterocycles. The Morgan fingerprint density at radius 2 is 2.27 bits per heavy atom. The first-order valence-corrected chi connectivity index (χ1v) is 5.07. The third-order valence-electron chi connectivity index (χ3n) is 2.32. The molecule has 1 heterocycles. The van der Waals surface area contributed by atoms with Crippen molar-refractivity contribution >= 4 is 28.2 Å². The molecule has 0 bridgehead atoms. The molecule has 0 aliphatic rings. The predicted octanol–water partition coefficient (Wildman–Crippen LogP) is 2.19. The lowest BCUT2D eigenvalue weighted by Crippen LogP contribution is -2.08. The number of fused-ring (bicyclic) bond motifs is 1. The van der Waals surface area contributed by atoms with E-state index in [0.717, 1.165) is 22.2 Å². The molecule has 0 fully saturated rings. The third kappa shape index (κ3) is 1.89. The minimum Gasteiger partial charge on any atom is -0.398 e. The molecule has 1 aromatic carbocycles. The van der Waals surface area contributed by atoms with E-state index in [0.29, 0.717) is 11.6 Å². The van der Waals surface area contributed by atoms with Crippen LogP contribution in [0.25, 0.3) is 10.9 Å². The lowest BCUT2D eigenvalue weighted by molar-refractivity contribution is 0.817. The summed E-state index contributed by atoms with van der Waals surface area (Å²) in [5, 5.41) is 4.64. The Hall–Kier alpha value is -1.32. The van der Waals surface area contributed by atoms with Crippen LogP contribution in [0.3, 0.4) is 0 Å². The van der Waals surface area contributed by atoms with Gasteiger partial charge in [0.15, 0.2) is 0 Å². The molecule has 0 amide bonds. The molecule has 0 spiro atoms. The van der Waals surface area contributed by atoms with E-state index in [1.807, 2.05) is 25.2 Å². The number of pyridine rings is 1. The third-order valence-corrected chi connectivity index (χ3v) is 2.56. The van der Waals surface area contributed by atoms with E-state index < -0.39 is 0 Å². The highest BCUT2D eigenvalue weighted by Gasteiger charge is 2.05. The number of halogens is 1. The van der Waals surface area contributed by atoms with Gasteiger partial charge in [0.05, 0.1) is 5.52 Å². The summed E-state index contributed by atoms with van der Waals surface area (Å²) in [5.41, 5.74) is 8.65. The van der Waals surface area contributed by atoms with Gasteiger partial charge in [0.1, 0.15) is 0 Å². The number of anilines is 1. The van der Waals surface area contributed by atoms with Crippen molar-refractivity contribution < 1.29 is 0 Å². The molecule has 78 valence electrons. The predicted molar refractivity (Wildman–Crippen MR) is 63.9 cm³/mol. The number of benzene rings is 1. The van der Waals surface area contributed by atoms with E-state index in [1.54, 1.807) is 6.20 Å². The van der Waals surface area contributed by atoms with Crippen molar-refractivity contribution in [2.75, 3.05) is 12.8 Å². The average molecular weight is 222 g/mol. The highest BCUT2D eigenvalue weighted by atomic mass is 35.5. The molecule has 3 N–H and O–H groups in total. The lowest BCUT2D eigenvalue weighted by atomic mass is 10.1. The van der Waals surface area contributed by atoms with Crippen LogP contribution in [0, 0.1) is 0 Å². The summed E-state index contributed by atoms with van der Waals surface area (Å²) in [4.78, 5) is 4.32. The van der Waals surface area contributed by atoms with Crippen LogP contribution in [0.15, 0.2) is 24.4 Å². The molecule has 3 nitrogen and oxygen atoms in total. The van der Waals surface area contributed by atoms with E-state index in [9.17, 15) is 0 Å². The molecule has 0 saturated carbocycles. The second kappa shape index (κ2) is 4.04. The van der Waals surface area contributed by atoms with E-state index in [4.69, 9.17) is 17.3 Å². The van der Waals surface area contributed by atoms with Crippen molar-refractivity contribution in [3.63, 3.8) is 0 Å². The molecule has 0 saturated heterocycles. The maximum atomic E-state index is 6.04. The number of rotatable bonds is 2. The topological polar surface area (TPSA) is 50.9 Å². The largest absolute Gasteiger partial charge is 0.398 e. The Kier molecular flexibility index (Phi) is 2.75. The normalized spacial score (nSPS) is 10.8. The number of nitrogens with one attached hydrogen (secondary N) is 1. The molecule has 4 heteroatoms. The monoisotopic (exact) mass is 221 g/mol. The van der Waals surface area contributed by atoms with E-state index in [2.05, 4.69) is 10.3 Å². The summed E-state index contributed by atoms with van der Waals surface area (Å²) in [7, 11) is 1.88. The van der Waals surface area contributed by atoms with Crippen molar-refractivity contribution in [3.05, 3.63) is 35.0 Å². The Morgan fingerprint density at radius 1 is 1.47 bits per heavy atom. The van der Waals surface area contributed by atoms with Gasteiger partial charge in [-0.1, -0.05) is 11.6 Å². The average Bonchev–Trinajstić information content (AvgIpc) is 2.23. The zero-order valence-corrected chi connectivity index (χ0v) is 9.17. The van der Waals surface area contributed by atoms with E-state index in [1.165, 1.54) is 0 Å². The van der Waals surface area contributed by atoms with Gasteiger partial charge >= 0.3 is 0 Å². The second-order valence-corrected chi connectivity index (χ2v) is 3.83. The molecule has 2 rings (SSSR count). The Morgan fingerprint density at radius 3 is 3.00 bits per heavy atom. The minimum atomic E-state index is 0.678. The fourth-order valence-electron chi connectivity index (χ4n) is 1.56. The number of nitrogens with two attached hydrogens (primary N) is 1. The first-order chi connectivity index (χ1) is 7.22. The molecule has 2 aromatic rings. The number of nitrogens with zero attached hydrogens (tertiary/aromatic N) is 1. The van der Waals surface area contributed by atoms with Gasteiger partial charge in [0.25, 0.3) is 0 Å². The van der Waals surface area contributed by atoms with Crippen LogP contribution in [-0.2, 0) is 6.54 Å². The zero-order chi connectivity index (χ0) is 10.8. The fraction of sp³-hybridized carbons (Fsp3) is 0.182. The quantitative estimate of drug-likeness (QED) is 0.818. The Balaban J connectivity index is 2.65. The van der Waals surface area contributed by atoms with E-state index in [-0.39, 0.29) is 0 Å². The summed E-state index contributed by atoms with van der Waals surface area (Å²) in [6.45, 7) is 0.710. The van der Waals surface area contributed by atoms with Crippen LogP contribution in [0.5, 0.6) is 0 Å². The standard InChI is InChI=1S/C11H12ClN3/c1-14-5-7-6-15-10-3-2-8(12)4-9(10)11(7)13/h2-4,6,14H,5H2,1H3,(H2,13,15). The summed E-state index contributed by atoms with van der Waals surface area (Å²) >= 11 is 5.92. The van der Waals surface area contributed by atoms with Crippen molar-refractivity contribution in [3.8, 4) is 0 Å². The first kappa shape index (κ1) is 10.2. The minimum absolute atomic E-state index is 0.678. The van der Waals surface area contributed by atoms with Crippen LogP contribution in [0.1, 0.15) is 5.56 Å². The van der Waals surface area contributed by atoms with Crippen molar-refractivity contribution in [2.45, 2.75) is 6.54 Å². The SMILES string of the molecule is CNCc1cnc2ccc(Cl)cc2c1N. The highest BCUT2D eigenvalue weighted by Crippen LogP contribution is 2.25. The molecule has 0 radical (unpaired) electrons. The van der Waals surface area contributed by atoms with Gasteiger partial charge in [-0.25, -0.2) is 0 Å². The molecule has 15 heavy (non-hydrogen) atoms. The van der Waals surface area contributed by atoms with Gasteiger partial charge in [-0.2, -0.15) is 0 Å². The summed E-state index contributed by atoms with van der Waals surface area (Å²) in [5.74, 6) is 0. The summed E-state index contributed by atoms with van der Waals surface area (Å²) < 4.78 is 0. The Labute approximate surface area is 93.3 Å². The van der Waals surface area contributed by atoms with Crippen LogP contribution in [0.4, 0.5) is 5.69 Å². The molecule has 0 aliphatic carbocycles. The van der Waals surface area contributed by atoms with Gasteiger partial charge in [-0.3, -0.25) is 4.98 Å². The molecule has 0 unspecified atom stereocenters. The van der Waals surface area contributed by atoms with Gasteiger partial charge in [0, 0.05) is 34.4 Å². The number of hydrogen-bond acceptors (Lipinski definition) is 3. The smallest absolute Gasteiger partial charge is 0.0723 e. The van der Waals surface area contributed by atoms with Crippen LogP contribution in [0.2, 0.25) is 5.02 Å². The first-order valence-electron chi connectivity index (χ1n) is 4.69. The molecular weight excluding hydrogens is 210 g/mol. The number of aromatic nitrogens is 1. The molecule has 0 aliphatic heterocycles.